The first-order valence-electron chi connectivity index (χ1n) is 10.2. The van der Waals surface area contributed by atoms with Crippen molar-refractivity contribution in [1.82, 2.24) is 10.6 Å². The van der Waals surface area contributed by atoms with Gasteiger partial charge in [-0.2, -0.15) is 0 Å². The molecule has 0 aliphatic carbocycles. The molecule has 0 aliphatic rings. The van der Waals surface area contributed by atoms with E-state index < -0.39 is 35.6 Å². The normalized spacial score (nSPS) is 13.2. The molecular weight excluding hydrogens is 397 g/mol. The third-order valence-electron chi connectivity index (χ3n) is 5.00. The Morgan fingerprint density at radius 1 is 0.935 bits per heavy atom. The molecule has 2 aromatic carbocycles. The molecule has 2 aromatic rings. The standard InChI is InChI=1S/C24H30FN3O3/c1-15(29)27-21(14-17-7-5-6-8-19(17)25)23(31)28-20(22(26)30)13-16-9-11-18(12-10-16)24(2,3)4/h5-12,20-21H,13-14H2,1-4H3,(H2,26,30)(H,27,29)(H,28,31)/t20-,21+/m0/s1. The Bertz CT molecular complexity index is 936. The van der Waals surface area contributed by atoms with Gasteiger partial charge in [-0.1, -0.05) is 63.2 Å². The number of benzene rings is 2. The quantitative estimate of drug-likeness (QED) is 0.603. The van der Waals surface area contributed by atoms with Gasteiger partial charge in [0.15, 0.2) is 0 Å². The van der Waals surface area contributed by atoms with Crippen LogP contribution in [0.25, 0.3) is 0 Å². The monoisotopic (exact) mass is 427 g/mol. The molecule has 0 saturated heterocycles. The average Bonchev–Trinajstić information content (AvgIpc) is 2.67. The minimum Gasteiger partial charge on any atom is -0.368 e. The van der Waals surface area contributed by atoms with Crippen LogP contribution in [0, 0.1) is 5.82 Å². The molecule has 0 unspecified atom stereocenters. The smallest absolute Gasteiger partial charge is 0.243 e. The van der Waals surface area contributed by atoms with Crippen molar-refractivity contribution < 1.29 is 18.8 Å². The van der Waals surface area contributed by atoms with Crippen LogP contribution < -0.4 is 16.4 Å². The molecule has 0 saturated carbocycles. The number of nitrogens with one attached hydrogen (secondary N) is 2. The van der Waals surface area contributed by atoms with Crippen LogP contribution in [0.5, 0.6) is 0 Å². The second-order valence-corrected chi connectivity index (χ2v) is 8.66. The maximum Gasteiger partial charge on any atom is 0.243 e. The number of carbonyl (C=O) groups is 3. The van der Waals surface area contributed by atoms with Crippen LogP contribution in [0.3, 0.4) is 0 Å². The first kappa shape index (κ1) is 24.1. The third kappa shape index (κ3) is 7.20. The summed E-state index contributed by atoms with van der Waals surface area (Å²) in [6, 6.07) is 11.8. The SMILES string of the molecule is CC(=O)N[C@H](Cc1ccccc1F)C(=O)N[C@@H](Cc1ccc(C(C)(C)C)cc1)C(N)=O. The average molecular weight is 428 g/mol. The highest BCUT2D eigenvalue weighted by Crippen LogP contribution is 2.22. The topological polar surface area (TPSA) is 101 Å². The summed E-state index contributed by atoms with van der Waals surface area (Å²) in [4.78, 5) is 36.4. The summed E-state index contributed by atoms with van der Waals surface area (Å²) in [6.07, 6.45) is 0.155. The van der Waals surface area contributed by atoms with Gasteiger partial charge < -0.3 is 16.4 Å². The molecule has 2 atom stereocenters. The summed E-state index contributed by atoms with van der Waals surface area (Å²) in [6.45, 7) is 7.58. The van der Waals surface area contributed by atoms with E-state index in [-0.39, 0.29) is 23.8 Å². The molecule has 166 valence electrons. The molecule has 0 fully saturated rings. The van der Waals surface area contributed by atoms with Crippen molar-refractivity contribution in [2.24, 2.45) is 5.73 Å². The van der Waals surface area contributed by atoms with Crippen LogP contribution in [-0.2, 0) is 32.6 Å². The lowest BCUT2D eigenvalue weighted by Crippen LogP contribution is -2.54. The van der Waals surface area contributed by atoms with Crippen molar-refractivity contribution >= 4 is 17.7 Å². The highest BCUT2D eigenvalue weighted by atomic mass is 19.1. The molecule has 0 spiro atoms. The summed E-state index contributed by atoms with van der Waals surface area (Å²) in [7, 11) is 0. The zero-order valence-corrected chi connectivity index (χ0v) is 18.4. The van der Waals surface area contributed by atoms with Gasteiger partial charge in [0, 0.05) is 19.8 Å². The van der Waals surface area contributed by atoms with E-state index in [0.717, 1.165) is 11.1 Å². The Morgan fingerprint density at radius 2 is 1.55 bits per heavy atom. The lowest BCUT2D eigenvalue weighted by atomic mass is 9.86. The molecule has 0 heterocycles. The zero-order valence-electron chi connectivity index (χ0n) is 18.4. The van der Waals surface area contributed by atoms with Gasteiger partial charge in [0.2, 0.25) is 17.7 Å². The van der Waals surface area contributed by atoms with Gasteiger partial charge in [-0.05, 0) is 28.2 Å². The van der Waals surface area contributed by atoms with Crippen LogP contribution >= 0.6 is 0 Å². The third-order valence-corrected chi connectivity index (χ3v) is 5.00. The van der Waals surface area contributed by atoms with Crippen molar-refractivity contribution in [2.75, 3.05) is 0 Å². The predicted molar refractivity (Wildman–Crippen MR) is 118 cm³/mol. The van der Waals surface area contributed by atoms with Crippen molar-refractivity contribution in [3.05, 3.63) is 71.0 Å². The first-order chi connectivity index (χ1) is 14.5. The first-order valence-corrected chi connectivity index (χ1v) is 10.2. The van der Waals surface area contributed by atoms with Gasteiger partial charge in [0.05, 0.1) is 0 Å². The predicted octanol–water partition coefficient (Wildman–Crippen LogP) is 2.38. The number of halogens is 1. The van der Waals surface area contributed by atoms with Crippen molar-refractivity contribution in [2.45, 2.75) is 58.0 Å². The second kappa shape index (κ2) is 10.2. The molecule has 0 aromatic heterocycles. The Balaban J connectivity index is 2.15. The fourth-order valence-electron chi connectivity index (χ4n) is 3.21. The largest absolute Gasteiger partial charge is 0.368 e. The van der Waals surface area contributed by atoms with Gasteiger partial charge in [-0.3, -0.25) is 14.4 Å². The van der Waals surface area contributed by atoms with Crippen LogP contribution in [-0.4, -0.2) is 29.8 Å². The Kier molecular flexibility index (Phi) is 7.91. The number of hydrogen-bond donors (Lipinski definition) is 3. The summed E-state index contributed by atoms with van der Waals surface area (Å²) in [5.41, 5.74) is 7.77. The molecule has 0 aliphatic heterocycles. The van der Waals surface area contributed by atoms with Crippen molar-refractivity contribution in [1.29, 1.82) is 0 Å². The Hall–Kier alpha value is -3.22. The number of carbonyl (C=O) groups excluding carboxylic acids is 3. The fraction of sp³-hybridized carbons (Fsp3) is 0.375. The van der Waals surface area contributed by atoms with Gasteiger partial charge in [0.1, 0.15) is 17.9 Å². The molecule has 4 N–H and O–H groups in total. The molecule has 0 bridgehead atoms. The number of amides is 3. The molecule has 6 nitrogen and oxygen atoms in total. The molecule has 7 heteroatoms. The number of primary amides is 1. The highest BCUT2D eigenvalue weighted by Gasteiger charge is 2.26. The number of hydrogen-bond acceptors (Lipinski definition) is 3. The maximum absolute atomic E-state index is 14.0. The molecular formula is C24H30FN3O3. The van der Waals surface area contributed by atoms with Crippen LogP contribution in [0.15, 0.2) is 48.5 Å². The molecule has 0 radical (unpaired) electrons. The minimum absolute atomic E-state index is 0.00583. The number of nitrogens with two attached hydrogens (primary N) is 1. The van der Waals surface area contributed by atoms with E-state index in [1.165, 1.54) is 13.0 Å². The van der Waals surface area contributed by atoms with E-state index in [1.54, 1.807) is 18.2 Å². The highest BCUT2D eigenvalue weighted by molar-refractivity contribution is 5.91. The van der Waals surface area contributed by atoms with E-state index in [4.69, 9.17) is 5.73 Å². The Labute approximate surface area is 182 Å². The number of rotatable bonds is 8. The Morgan fingerprint density at radius 3 is 2.06 bits per heavy atom. The lowest BCUT2D eigenvalue weighted by molar-refractivity contribution is -0.130. The second-order valence-electron chi connectivity index (χ2n) is 8.66. The van der Waals surface area contributed by atoms with E-state index in [9.17, 15) is 18.8 Å². The molecule has 31 heavy (non-hydrogen) atoms. The summed E-state index contributed by atoms with van der Waals surface area (Å²) >= 11 is 0. The summed E-state index contributed by atoms with van der Waals surface area (Å²) in [5, 5.41) is 5.12. The van der Waals surface area contributed by atoms with Gasteiger partial charge in [-0.25, -0.2) is 4.39 Å². The van der Waals surface area contributed by atoms with Gasteiger partial charge in [-0.15, -0.1) is 0 Å². The van der Waals surface area contributed by atoms with Crippen molar-refractivity contribution in [3.63, 3.8) is 0 Å². The van der Waals surface area contributed by atoms with Crippen LogP contribution in [0.2, 0.25) is 0 Å². The van der Waals surface area contributed by atoms with E-state index in [2.05, 4.69) is 31.4 Å². The summed E-state index contributed by atoms with van der Waals surface area (Å²) in [5.74, 6) is -2.21. The zero-order chi connectivity index (χ0) is 23.2. The lowest BCUT2D eigenvalue weighted by Gasteiger charge is -2.22. The molecule has 3 amide bonds. The minimum atomic E-state index is -1.04. The maximum atomic E-state index is 14.0. The van der Waals surface area contributed by atoms with E-state index >= 15 is 0 Å². The van der Waals surface area contributed by atoms with E-state index in [1.807, 2.05) is 24.3 Å². The van der Waals surface area contributed by atoms with Gasteiger partial charge in [0.25, 0.3) is 0 Å². The fourth-order valence-corrected chi connectivity index (χ4v) is 3.21. The van der Waals surface area contributed by atoms with Crippen molar-refractivity contribution in [3.8, 4) is 0 Å². The van der Waals surface area contributed by atoms with Crippen LogP contribution in [0.1, 0.15) is 44.4 Å². The van der Waals surface area contributed by atoms with Crippen LogP contribution in [0.4, 0.5) is 4.39 Å². The van der Waals surface area contributed by atoms with E-state index in [0.29, 0.717) is 0 Å². The summed E-state index contributed by atoms with van der Waals surface area (Å²) < 4.78 is 14.0. The molecule has 2 rings (SSSR count). The van der Waals surface area contributed by atoms with Gasteiger partial charge >= 0.3 is 0 Å².